The Morgan fingerprint density at radius 2 is 1.52 bits per heavy atom. The second-order valence-electron chi connectivity index (χ2n) is 12.5. The lowest BCUT2D eigenvalue weighted by Gasteiger charge is -2.21. The summed E-state index contributed by atoms with van der Waals surface area (Å²) < 4.78 is 29.4. The van der Waals surface area contributed by atoms with Crippen LogP contribution in [0.5, 0.6) is 0 Å². The molecule has 50 heavy (non-hydrogen) atoms. The number of anilines is 1. The van der Waals surface area contributed by atoms with Crippen molar-refractivity contribution >= 4 is 33.4 Å². The Hall–Kier alpha value is -5.01. The van der Waals surface area contributed by atoms with Gasteiger partial charge >= 0.3 is 0 Å². The molecule has 5 rings (SSSR count). The molecule has 13 heteroatoms. The molecule has 266 valence electrons. The van der Waals surface area contributed by atoms with Gasteiger partial charge < -0.3 is 21.3 Å². The first kappa shape index (κ1) is 37.8. The summed E-state index contributed by atoms with van der Waals surface area (Å²) in [4.78, 5) is 38.8. The first-order valence-corrected chi connectivity index (χ1v) is 18.1. The van der Waals surface area contributed by atoms with Gasteiger partial charge in [0.25, 0.3) is 21.8 Å². The van der Waals surface area contributed by atoms with Crippen LogP contribution in [0.1, 0.15) is 64.6 Å². The van der Waals surface area contributed by atoms with Crippen LogP contribution < -0.4 is 25.6 Å². The van der Waals surface area contributed by atoms with Crippen molar-refractivity contribution in [2.45, 2.75) is 50.6 Å². The molecule has 0 saturated heterocycles. The molecule has 1 aliphatic rings. The highest BCUT2D eigenvalue weighted by Gasteiger charge is 2.25. The van der Waals surface area contributed by atoms with Gasteiger partial charge in [-0.1, -0.05) is 54.1 Å². The quantitative estimate of drug-likeness (QED) is 0.145. The lowest BCUT2D eigenvalue weighted by atomic mass is 10.1. The number of aromatic nitrogens is 2. The average molecular weight is 702 g/mol. The third-order valence-electron chi connectivity index (χ3n) is 8.24. The van der Waals surface area contributed by atoms with Gasteiger partial charge in [-0.2, -0.15) is 5.10 Å². The summed E-state index contributed by atoms with van der Waals surface area (Å²) in [6, 6.07) is 21.7. The fraction of sp³-hybridized carbons (Fsp3) is 0.351. The van der Waals surface area contributed by atoms with Gasteiger partial charge in [0.05, 0.1) is 28.9 Å². The molecule has 4 aromatic rings. The lowest BCUT2D eigenvalue weighted by Crippen LogP contribution is -2.45. The molecule has 1 aromatic heterocycles. The molecule has 2 atom stereocenters. The highest BCUT2D eigenvalue weighted by Crippen LogP contribution is 2.27. The fourth-order valence-electron chi connectivity index (χ4n) is 4.89. The van der Waals surface area contributed by atoms with Crippen molar-refractivity contribution in [1.82, 2.24) is 31.0 Å². The van der Waals surface area contributed by atoms with E-state index in [1.807, 2.05) is 18.2 Å². The van der Waals surface area contributed by atoms with Gasteiger partial charge in [0.2, 0.25) is 5.91 Å². The largest absolute Gasteiger partial charge is 0.354 e. The van der Waals surface area contributed by atoms with Gasteiger partial charge in [0.1, 0.15) is 0 Å². The van der Waals surface area contributed by atoms with Crippen LogP contribution in [0.15, 0.2) is 96.2 Å². The number of carbonyl (C=O) groups excluding carboxylic acids is 3. The summed E-state index contributed by atoms with van der Waals surface area (Å²) in [6.07, 6.45) is 5.73. The van der Waals surface area contributed by atoms with Crippen LogP contribution >= 0.6 is 0 Å². The van der Waals surface area contributed by atoms with Crippen molar-refractivity contribution in [1.29, 1.82) is 0 Å². The van der Waals surface area contributed by atoms with E-state index in [-0.39, 0.29) is 40.2 Å². The average Bonchev–Trinajstić information content (AvgIpc) is 3.85. The molecular weight excluding hydrogens is 655 g/mol. The Kier molecular flexibility index (Phi) is 13.3. The molecule has 1 fully saturated rings. The predicted octanol–water partition coefficient (Wildman–Crippen LogP) is 3.97. The number of hydrogen-bond donors (Lipinski definition) is 4. The highest BCUT2D eigenvalue weighted by molar-refractivity contribution is 7.92. The molecule has 1 unspecified atom stereocenters. The van der Waals surface area contributed by atoms with Crippen LogP contribution in [-0.4, -0.2) is 68.6 Å². The maximum absolute atomic E-state index is 13.4. The first-order valence-electron chi connectivity index (χ1n) is 16.6. The zero-order valence-corrected chi connectivity index (χ0v) is 30.0. The van der Waals surface area contributed by atoms with Crippen molar-refractivity contribution < 1.29 is 22.8 Å². The summed E-state index contributed by atoms with van der Waals surface area (Å²) in [5, 5.41) is 15.8. The Labute approximate surface area is 294 Å². The molecule has 1 heterocycles. The second-order valence-corrected chi connectivity index (χ2v) is 14.4. The third-order valence-corrected chi connectivity index (χ3v) is 10.0. The standard InChI is InChI=1S/C30H39N7O5S.C7H8/c1-20(25-18-34-36(3)19-25)35-30(40)24-14-23(15-26(16-24)37(4)43(41,42)27-8-6-5-7-9-27)29(39)32-13-12-31-21(2)28(38)33-17-22-10-11-22;1-7-5-3-2-4-6-7/h5-9,14-16,18-22,31H,10-13,17H2,1-4H3,(H,32,39)(H,33,38)(H,35,40);2-6H,1H3/t20?,21-;/m0./s1. The Bertz CT molecular complexity index is 1840. The third kappa shape index (κ3) is 11.0. The van der Waals surface area contributed by atoms with Crippen molar-refractivity contribution in [3.63, 3.8) is 0 Å². The van der Waals surface area contributed by atoms with E-state index < -0.39 is 27.9 Å². The van der Waals surface area contributed by atoms with Crippen LogP contribution in [0, 0.1) is 12.8 Å². The summed E-state index contributed by atoms with van der Waals surface area (Å²) in [6.45, 7) is 6.87. The minimum Gasteiger partial charge on any atom is -0.354 e. The summed E-state index contributed by atoms with van der Waals surface area (Å²) >= 11 is 0. The van der Waals surface area contributed by atoms with Gasteiger partial charge in [0, 0.05) is 56.6 Å². The van der Waals surface area contributed by atoms with E-state index in [0.29, 0.717) is 19.0 Å². The molecular formula is C37H47N7O5S. The van der Waals surface area contributed by atoms with Crippen LogP contribution in [-0.2, 0) is 21.9 Å². The molecule has 3 amide bonds. The number of benzene rings is 3. The number of rotatable bonds is 14. The Morgan fingerprint density at radius 1 is 0.900 bits per heavy atom. The molecule has 1 saturated carbocycles. The molecule has 1 aliphatic carbocycles. The summed E-state index contributed by atoms with van der Waals surface area (Å²) in [5.41, 5.74) is 2.49. The lowest BCUT2D eigenvalue weighted by molar-refractivity contribution is -0.122. The van der Waals surface area contributed by atoms with Crippen molar-refractivity contribution in [2.24, 2.45) is 13.0 Å². The van der Waals surface area contributed by atoms with E-state index in [9.17, 15) is 22.8 Å². The van der Waals surface area contributed by atoms with Crippen LogP contribution in [0.25, 0.3) is 0 Å². The molecule has 4 N–H and O–H groups in total. The number of carbonyl (C=O) groups is 3. The van der Waals surface area contributed by atoms with Gasteiger partial charge in [0.15, 0.2) is 0 Å². The van der Waals surface area contributed by atoms with Crippen molar-refractivity contribution in [2.75, 3.05) is 31.0 Å². The Morgan fingerprint density at radius 3 is 2.08 bits per heavy atom. The number of aryl methyl sites for hydroxylation is 2. The number of hydrogen-bond acceptors (Lipinski definition) is 7. The molecule has 0 spiro atoms. The molecule has 12 nitrogen and oxygen atoms in total. The monoisotopic (exact) mass is 701 g/mol. The second kappa shape index (κ2) is 17.6. The molecule has 3 aromatic carbocycles. The van der Waals surface area contributed by atoms with Crippen LogP contribution in [0.2, 0.25) is 0 Å². The maximum atomic E-state index is 13.4. The van der Waals surface area contributed by atoms with E-state index in [4.69, 9.17) is 0 Å². The smallest absolute Gasteiger partial charge is 0.264 e. The zero-order valence-electron chi connectivity index (χ0n) is 29.2. The van der Waals surface area contributed by atoms with Crippen molar-refractivity contribution in [3.8, 4) is 0 Å². The predicted molar refractivity (Wildman–Crippen MR) is 194 cm³/mol. The first-order chi connectivity index (χ1) is 23.8. The van der Waals surface area contributed by atoms with Gasteiger partial charge in [-0.25, -0.2) is 8.42 Å². The molecule has 0 radical (unpaired) electrons. The minimum atomic E-state index is -3.97. The van der Waals surface area contributed by atoms with Crippen molar-refractivity contribution in [3.05, 3.63) is 114 Å². The highest BCUT2D eigenvalue weighted by atomic mass is 32.2. The summed E-state index contributed by atoms with van der Waals surface area (Å²) in [5.74, 6) is -0.483. The van der Waals surface area contributed by atoms with Gasteiger partial charge in [-0.3, -0.25) is 23.4 Å². The van der Waals surface area contributed by atoms with E-state index in [2.05, 4.69) is 45.4 Å². The summed E-state index contributed by atoms with van der Waals surface area (Å²) in [7, 11) is -0.827. The zero-order chi connectivity index (χ0) is 36.3. The molecule has 0 bridgehead atoms. The van der Waals surface area contributed by atoms with Crippen LogP contribution in [0.4, 0.5) is 5.69 Å². The van der Waals surface area contributed by atoms with E-state index in [0.717, 1.165) is 22.7 Å². The topological polar surface area (TPSA) is 155 Å². The maximum Gasteiger partial charge on any atom is 0.264 e. The number of nitrogens with zero attached hydrogens (tertiary/aromatic N) is 3. The number of sulfonamides is 1. The number of nitrogens with one attached hydrogen (secondary N) is 4. The molecule has 0 aliphatic heterocycles. The van der Waals surface area contributed by atoms with E-state index in [1.165, 1.54) is 42.9 Å². The number of amides is 3. The van der Waals surface area contributed by atoms with Crippen LogP contribution in [0.3, 0.4) is 0 Å². The van der Waals surface area contributed by atoms with Gasteiger partial charge in [-0.05, 0) is 69.9 Å². The normalized spacial score (nSPS) is 13.6. The SMILES string of the molecule is CC(NC(=O)c1cc(C(=O)NCCN[C@@H](C)C(=O)NCC2CC2)cc(N(C)S(=O)(=O)c2ccccc2)c1)c1cnn(C)c1.Cc1ccccc1. The van der Waals surface area contributed by atoms with E-state index in [1.54, 1.807) is 56.2 Å². The van der Waals surface area contributed by atoms with Gasteiger partial charge in [-0.15, -0.1) is 0 Å². The fourth-order valence-corrected chi connectivity index (χ4v) is 6.09. The minimum absolute atomic E-state index is 0.0740. The Balaban J connectivity index is 0.000000714. The van der Waals surface area contributed by atoms with E-state index >= 15 is 0 Å².